The minimum Gasteiger partial charge on any atom is -0.456 e. The maximum Gasteiger partial charge on any atom is 0.164 e. The van der Waals surface area contributed by atoms with Crippen LogP contribution in [0.2, 0.25) is 0 Å². The quantitative estimate of drug-likeness (QED) is 0.185. The number of hydrogen-bond acceptors (Lipinski definition) is 5. The van der Waals surface area contributed by atoms with Gasteiger partial charge in [-0.1, -0.05) is 86.6 Å². The van der Waals surface area contributed by atoms with Crippen LogP contribution in [0.3, 0.4) is 0 Å². The molecule has 0 amide bonds. The van der Waals surface area contributed by atoms with Gasteiger partial charge in [0, 0.05) is 27.5 Å². The molecular formula is C45H38N4O. The van der Waals surface area contributed by atoms with Crippen molar-refractivity contribution >= 4 is 21.9 Å². The summed E-state index contributed by atoms with van der Waals surface area (Å²) >= 11 is 0. The van der Waals surface area contributed by atoms with Crippen LogP contribution in [0.25, 0.3) is 67.2 Å². The topological polar surface area (TPSA) is 75.6 Å². The molecule has 2 aliphatic rings. The lowest BCUT2D eigenvalue weighted by Crippen LogP contribution is -2.42. The minimum absolute atomic E-state index is 0.285. The Hall–Kier alpha value is -5.60. The minimum atomic E-state index is 0.285. The summed E-state index contributed by atoms with van der Waals surface area (Å²) in [5, 5.41) is 11.4. The molecule has 5 aromatic carbocycles. The Bertz CT molecular complexity index is 2380. The zero-order valence-electron chi connectivity index (χ0n) is 28.4. The second kappa shape index (κ2) is 12.1. The third-order valence-corrected chi connectivity index (χ3v) is 11.1. The number of furan rings is 1. The summed E-state index contributed by atoms with van der Waals surface area (Å²) in [7, 11) is 0. The predicted molar refractivity (Wildman–Crippen MR) is 200 cm³/mol. The first-order chi connectivity index (χ1) is 24.4. The van der Waals surface area contributed by atoms with E-state index in [4.69, 9.17) is 19.4 Å². The van der Waals surface area contributed by atoms with E-state index in [9.17, 15) is 5.26 Å². The molecule has 2 aromatic heterocycles. The van der Waals surface area contributed by atoms with Crippen LogP contribution in [0.1, 0.15) is 57.1 Å². The summed E-state index contributed by atoms with van der Waals surface area (Å²) in [5.41, 5.74) is 8.81. The average Bonchev–Trinajstić information content (AvgIpc) is 3.53. The Balaban J connectivity index is 1.21. The van der Waals surface area contributed by atoms with Crippen LogP contribution in [-0.2, 0) is 5.41 Å². The molecule has 0 radical (unpaired) electrons. The van der Waals surface area contributed by atoms with Crippen molar-refractivity contribution in [2.45, 2.75) is 51.4 Å². The molecule has 2 fully saturated rings. The van der Waals surface area contributed by atoms with Crippen LogP contribution in [0.15, 0.2) is 120 Å². The van der Waals surface area contributed by atoms with Crippen molar-refractivity contribution in [3.63, 3.8) is 0 Å². The molecule has 0 N–H and O–H groups in total. The Morgan fingerprint density at radius 3 is 1.94 bits per heavy atom. The molecule has 4 atom stereocenters. The van der Waals surface area contributed by atoms with Gasteiger partial charge in [0.05, 0.1) is 11.6 Å². The summed E-state index contributed by atoms with van der Waals surface area (Å²) in [4.78, 5) is 15.1. The fourth-order valence-corrected chi connectivity index (χ4v) is 9.31. The molecule has 0 spiro atoms. The van der Waals surface area contributed by atoms with Crippen LogP contribution in [0, 0.1) is 29.1 Å². The third-order valence-electron chi connectivity index (χ3n) is 11.1. The maximum absolute atomic E-state index is 9.41. The Labute approximate surface area is 292 Å². The molecule has 2 aliphatic carbocycles. The van der Waals surface area contributed by atoms with E-state index in [1.165, 1.54) is 37.7 Å². The number of aromatic nitrogens is 3. The number of fused-ring (bicyclic) bond motifs is 5. The number of nitrogens with zero attached hydrogens (tertiary/aromatic N) is 4. The molecule has 5 nitrogen and oxygen atoms in total. The van der Waals surface area contributed by atoms with Gasteiger partial charge in [0.2, 0.25) is 0 Å². The first-order valence-electron chi connectivity index (χ1n) is 17.8. The van der Waals surface area contributed by atoms with Crippen molar-refractivity contribution in [3.8, 4) is 51.4 Å². The zero-order valence-corrected chi connectivity index (χ0v) is 28.4. The van der Waals surface area contributed by atoms with E-state index < -0.39 is 0 Å². The van der Waals surface area contributed by atoms with Gasteiger partial charge in [-0.2, -0.15) is 5.26 Å². The normalized spacial score (nSPS) is 21.7. The first kappa shape index (κ1) is 30.5. The van der Waals surface area contributed by atoms with Gasteiger partial charge in [-0.3, -0.25) is 0 Å². The third kappa shape index (κ3) is 5.36. The van der Waals surface area contributed by atoms with Crippen LogP contribution in [0.4, 0.5) is 0 Å². The van der Waals surface area contributed by atoms with Crippen molar-refractivity contribution in [2.75, 3.05) is 0 Å². The fraction of sp³-hybridized carbons (Fsp3) is 0.244. The molecule has 2 heterocycles. The summed E-state index contributed by atoms with van der Waals surface area (Å²) in [6, 6.07) is 41.5. The van der Waals surface area contributed by atoms with Gasteiger partial charge in [-0.25, -0.2) is 15.0 Å². The summed E-state index contributed by atoms with van der Waals surface area (Å²) < 4.78 is 6.53. The van der Waals surface area contributed by atoms with Gasteiger partial charge < -0.3 is 4.42 Å². The van der Waals surface area contributed by atoms with Gasteiger partial charge in [0.15, 0.2) is 17.5 Å². The van der Waals surface area contributed by atoms with E-state index >= 15 is 0 Å². The number of nitriles is 1. The highest BCUT2D eigenvalue weighted by atomic mass is 16.3. The van der Waals surface area contributed by atoms with Crippen molar-refractivity contribution < 1.29 is 4.42 Å². The molecule has 0 aliphatic heterocycles. The molecule has 2 saturated carbocycles. The molecule has 2 bridgehead atoms. The Kier molecular flexibility index (Phi) is 7.35. The van der Waals surface area contributed by atoms with E-state index in [-0.39, 0.29) is 5.41 Å². The summed E-state index contributed by atoms with van der Waals surface area (Å²) in [5.74, 6) is 4.10. The van der Waals surface area contributed by atoms with Crippen molar-refractivity contribution in [1.82, 2.24) is 15.0 Å². The smallest absolute Gasteiger partial charge is 0.164 e. The highest BCUT2D eigenvalue weighted by Crippen LogP contribution is 2.54. The van der Waals surface area contributed by atoms with Gasteiger partial charge >= 0.3 is 0 Å². The van der Waals surface area contributed by atoms with Crippen LogP contribution in [0.5, 0.6) is 0 Å². The van der Waals surface area contributed by atoms with Crippen LogP contribution < -0.4 is 0 Å². The number of rotatable bonds is 5. The van der Waals surface area contributed by atoms with Gasteiger partial charge in [-0.05, 0) is 114 Å². The van der Waals surface area contributed by atoms with Crippen molar-refractivity contribution in [3.05, 3.63) is 126 Å². The van der Waals surface area contributed by atoms with Gasteiger partial charge in [-0.15, -0.1) is 0 Å². The van der Waals surface area contributed by atoms with Crippen LogP contribution >= 0.6 is 0 Å². The second-order valence-corrected chi connectivity index (χ2v) is 14.9. The number of para-hydroxylation sites is 1. The number of benzene rings is 5. The van der Waals surface area contributed by atoms with Gasteiger partial charge in [0.1, 0.15) is 11.2 Å². The molecule has 50 heavy (non-hydrogen) atoms. The van der Waals surface area contributed by atoms with E-state index in [1.54, 1.807) is 12.1 Å². The zero-order chi connectivity index (χ0) is 33.8. The molecular weight excluding hydrogens is 613 g/mol. The Morgan fingerprint density at radius 2 is 1.24 bits per heavy atom. The summed E-state index contributed by atoms with van der Waals surface area (Å²) in [6.45, 7) is 4.90. The van der Waals surface area contributed by atoms with Crippen LogP contribution in [-0.4, -0.2) is 15.0 Å². The molecule has 0 saturated heterocycles. The van der Waals surface area contributed by atoms with E-state index in [2.05, 4.69) is 62.4 Å². The molecule has 5 heteroatoms. The SMILES string of the molecule is C[C@@H]1C[C@@H]2C[C@H](C)CC(c3ccc(-c4cc(-c5nc(-c6ccccc6)nc(-c6ccc(C#N)cc6)n5)c5c(c4)oc4ccccc45)cc3)(C1)C2. The maximum atomic E-state index is 9.41. The molecule has 244 valence electrons. The lowest BCUT2D eigenvalue weighted by molar-refractivity contribution is 0.0780. The highest BCUT2D eigenvalue weighted by molar-refractivity contribution is 6.13. The van der Waals surface area contributed by atoms with E-state index in [0.717, 1.165) is 67.5 Å². The number of hydrogen-bond donors (Lipinski definition) is 0. The fourth-order valence-electron chi connectivity index (χ4n) is 9.31. The lowest BCUT2D eigenvalue weighted by atomic mass is 9.54. The lowest BCUT2D eigenvalue weighted by Gasteiger charge is -2.50. The average molecular weight is 651 g/mol. The second-order valence-electron chi connectivity index (χ2n) is 14.9. The van der Waals surface area contributed by atoms with E-state index in [0.29, 0.717) is 23.0 Å². The molecule has 9 rings (SSSR count). The highest BCUT2D eigenvalue weighted by Gasteiger charge is 2.45. The summed E-state index contributed by atoms with van der Waals surface area (Å²) in [6.07, 6.45) is 6.64. The Morgan fingerprint density at radius 1 is 0.620 bits per heavy atom. The van der Waals surface area contributed by atoms with Crippen molar-refractivity contribution in [2.24, 2.45) is 17.8 Å². The van der Waals surface area contributed by atoms with Crippen molar-refractivity contribution in [1.29, 1.82) is 5.26 Å². The first-order valence-corrected chi connectivity index (χ1v) is 17.8. The predicted octanol–water partition coefficient (Wildman–Crippen LogP) is 11.4. The molecule has 1 unspecified atom stereocenters. The standard InChI is InChI=1S/C45H38N4O/c1-28-20-31-21-29(2)25-45(24-28,26-31)36-18-16-32(17-19-36)35-22-38(41-37-10-6-7-11-39(37)50-40(41)23-35)44-48-42(33-8-4-3-5-9-33)47-43(49-44)34-14-12-30(27-46)13-15-34/h3-19,22-23,28-29,31H,20-21,24-26H2,1-2H3/t28-,29+,31-,45?. The largest absolute Gasteiger partial charge is 0.456 e. The van der Waals surface area contributed by atoms with E-state index in [1.807, 2.05) is 60.7 Å². The molecule has 7 aromatic rings. The van der Waals surface area contributed by atoms with Gasteiger partial charge in [0.25, 0.3) is 0 Å². The monoisotopic (exact) mass is 650 g/mol.